The van der Waals surface area contributed by atoms with Crippen molar-refractivity contribution < 1.29 is 14.2 Å². The van der Waals surface area contributed by atoms with Crippen LogP contribution in [0.3, 0.4) is 0 Å². The summed E-state index contributed by atoms with van der Waals surface area (Å²) in [6.45, 7) is 5.90. The second-order valence-corrected chi connectivity index (χ2v) is 5.03. The van der Waals surface area contributed by atoms with Gasteiger partial charge in [-0.3, -0.25) is 4.68 Å². The molecule has 1 aromatic heterocycles. The van der Waals surface area contributed by atoms with Crippen molar-refractivity contribution in [2.24, 2.45) is 0 Å². The van der Waals surface area contributed by atoms with Gasteiger partial charge < -0.3 is 9.84 Å². The van der Waals surface area contributed by atoms with E-state index in [4.69, 9.17) is 4.74 Å². The molecule has 0 amide bonds. The van der Waals surface area contributed by atoms with Crippen LogP contribution in [0.2, 0.25) is 0 Å². The van der Waals surface area contributed by atoms with Crippen LogP contribution >= 0.6 is 0 Å². The van der Waals surface area contributed by atoms with Crippen molar-refractivity contribution >= 4 is 0 Å². The molecule has 0 spiro atoms. The Balaban J connectivity index is 2.01. The van der Waals surface area contributed by atoms with Gasteiger partial charge in [0.2, 0.25) is 0 Å². The Hall–Kier alpha value is -1.88. The lowest BCUT2D eigenvalue weighted by molar-refractivity contribution is 0.193. The Kier molecular flexibility index (Phi) is 4.39. The van der Waals surface area contributed by atoms with E-state index in [-0.39, 0.29) is 12.2 Å². The normalized spacial score (nSPS) is 12.7. The molecule has 1 atom stereocenters. The van der Waals surface area contributed by atoms with Crippen LogP contribution in [0.15, 0.2) is 30.5 Å². The van der Waals surface area contributed by atoms with Crippen LogP contribution in [-0.2, 0) is 6.61 Å². The summed E-state index contributed by atoms with van der Waals surface area (Å²) < 4.78 is 21.0. The molecule has 1 N–H and O–H groups in total. The van der Waals surface area contributed by atoms with Crippen molar-refractivity contribution in [3.05, 3.63) is 47.5 Å². The van der Waals surface area contributed by atoms with E-state index < -0.39 is 11.9 Å². The van der Waals surface area contributed by atoms with Gasteiger partial charge in [0, 0.05) is 23.9 Å². The summed E-state index contributed by atoms with van der Waals surface area (Å²) in [6.07, 6.45) is 1.06. The third-order valence-electron chi connectivity index (χ3n) is 3.00. The van der Waals surface area contributed by atoms with E-state index in [0.29, 0.717) is 11.8 Å². The number of aliphatic hydroxyl groups excluding tert-OH is 1. The molecule has 0 saturated heterocycles. The molecule has 4 nitrogen and oxygen atoms in total. The van der Waals surface area contributed by atoms with Gasteiger partial charge >= 0.3 is 0 Å². The molecular weight excluding hydrogens is 259 g/mol. The second-order valence-electron chi connectivity index (χ2n) is 5.03. The number of benzene rings is 1. The number of hydrogen-bond acceptors (Lipinski definition) is 3. The summed E-state index contributed by atoms with van der Waals surface area (Å²) in [5.74, 6) is -0.0452. The maximum absolute atomic E-state index is 13.7. The Labute approximate surface area is 117 Å². The third-order valence-corrected chi connectivity index (χ3v) is 3.00. The van der Waals surface area contributed by atoms with Crippen molar-refractivity contribution in [3.8, 4) is 5.75 Å². The van der Waals surface area contributed by atoms with E-state index in [1.165, 1.54) is 19.1 Å². The molecule has 0 aliphatic heterocycles. The van der Waals surface area contributed by atoms with Crippen LogP contribution < -0.4 is 4.74 Å². The molecule has 108 valence electrons. The van der Waals surface area contributed by atoms with Gasteiger partial charge in [0.25, 0.3) is 0 Å². The van der Waals surface area contributed by atoms with Gasteiger partial charge in [-0.1, -0.05) is 0 Å². The van der Waals surface area contributed by atoms with Crippen molar-refractivity contribution in [2.75, 3.05) is 0 Å². The van der Waals surface area contributed by atoms with Crippen LogP contribution in [-0.4, -0.2) is 14.9 Å². The first-order valence-electron chi connectivity index (χ1n) is 6.61. The van der Waals surface area contributed by atoms with Crippen LogP contribution in [0.25, 0.3) is 0 Å². The van der Waals surface area contributed by atoms with Gasteiger partial charge in [0.15, 0.2) is 0 Å². The number of nitrogens with zero attached hydrogens (tertiary/aromatic N) is 2. The summed E-state index contributed by atoms with van der Waals surface area (Å²) in [5.41, 5.74) is 1.06. The fraction of sp³-hybridized carbons (Fsp3) is 0.400. The lowest BCUT2D eigenvalue weighted by atomic mass is 10.1. The molecule has 0 bridgehead atoms. The molecule has 0 saturated carbocycles. The molecule has 5 heteroatoms. The molecule has 1 heterocycles. The molecule has 0 aliphatic rings. The lowest BCUT2D eigenvalue weighted by Crippen LogP contribution is -2.03. The first-order valence-corrected chi connectivity index (χ1v) is 6.61. The minimum absolute atomic E-state index is 0.265. The van der Waals surface area contributed by atoms with E-state index in [2.05, 4.69) is 5.10 Å². The second kappa shape index (κ2) is 6.05. The van der Waals surface area contributed by atoms with Gasteiger partial charge in [-0.05, 0) is 39.0 Å². The molecule has 0 radical (unpaired) electrons. The van der Waals surface area contributed by atoms with Crippen LogP contribution in [0.4, 0.5) is 4.39 Å². The number of hydrogen-bond donors (Lipinski definition) is 1. The van der Waals surface area contributed by atoms with Crippen molar-refractivity contribution in [3.63, 3.8) is 0 Å². The molecule has 20 heavy (non-hydrogen) atoms. The highest BCUT2D eigenvalue weighted by atomic mass is 19.1. The van der Waals surface area contributed by atoms with Gasteiger partial charge in [-0.15, -0.1) is 0 Å². The molecular formula is C15H19FN2O2. The molecule has 0 aliphatic carbocycles. The highest BCUT2D eigenvalue weighted by Crippen LogP contribution is 2.22. The summed E-state index contributed by atoms with van der Waals surface area (Å²) in [4.78, 5) is 0. The van der Waals surface area contributed by atoms with Crippen molar-refractivity contribution in [1.29, 1.82) is 0 Å². The van der Waals surface area contributed by atoms with Gasteiger partial charge in [0.05, 0.1) is 11.8 Å². The molecule has 1 aromatic carbocycles. The Bertz CT molecular complexity index is 579. The Morgan fingerprint density at radius 2 is 2.05 bits per heavy atom. The van der Waals surface area contributed by atoms with Gasteiger partial charge in [-0.2, -0.15) is 5.10 Å². The summed E-state index contributed by atoms with van der Waals surface area (Å²) in [6, 6.07) is 6.63. The number of aromatic nitrogens is 2. The maximum atomic E-state index is 13.7. The van der Waals surface area contributed by atoms with E-state index in [1.54, 1.807) is 6.07 Å². The van der Waals surface area contributed by atoms with E-state index in [0.717, 1.165) is 5.69 Å². The zero-order chi connectivity index (χ0) is 14.7. The summed E-state index contributed by atoms with van der Waals surface area (Å²) >= 11 is 0. The predicted molar refractivity (Wildman–Crippen MR) is 74.0 cm³/mol. The van der Waals surface area contributed by atoms with Crippen LogP contribution in [0.1, 0.15) is 44.2 Å². The van der Waals surface area contributed by atoms with Crippen molar-refractivity contribution in [2.45, 2.75) is 39.5 Å². The maximum Gasteiger partial charge on any atom is 0.132 e. The topological polar surface area (TPSA) is 47.3 Å². The molecule has 2 rings (SSSR count). The smallest absolute Gasteiger partial charge is 0.132 e. The van der Waals surface area contributed by atoms with Gasteiger partial charge in [0.1, 0.15) is 18.2 Å². The minimum atomic E-state index is -0.828. The molecule has 0 unspecified atom stereocenters. The highest BCUT2D eigenvalue weighted by Gasteiger charge is 2.09. The zero-order valence-corrected chi connectivity index (χ0v) is 11.9. The fourth-order valence-electron chi connectivity index (χ4n) is 1.84. The zero-order valence-electron chi connectivity index (χ0n) is 11.9. The fourth-order valence-corrected chi connectivity index (χ4v) is 1.84. The Morgan fingerprint density at radius 3 is 2.60 bits per heavy atom. The van der Waals surface area contributed by atoms with Gasteiger partial charge in [-0.25, -0.2) is 4.39 Å². The SMILES string of the molecule is CC(C)n1ccc(COc2ccc([C@@H](C)O)c(F)c2)n1. The largest absolute Gasteiger partial charge is 0.487 e. The van der Waals surface area contributed by atoms with E-state index in [9.17, 15) is 9.50 Å². The predicted octanol–water partition coefficient (Wildman–Crippen LogP) is 3.24. The molecule has 0 fully saturated rings. The average molecular weight is 278 g/mol. The Morgan fingerprint density at radius 1 is 1.30 bits per heavy atom. The first kappa shape index (κ1) is 14.5. The van der Waals surface area contributed by atoms with E-state index >= 15 is 0 Å². The first-order chi connectivity index (χ1) is 9.47. The number of ether oxygens (including phenoxy) is 1. The average Bonchev–Trinajstić information content (AvgIpc) is 2.85. The summed E-state index contributed by atoms with van der Waals surface area (Å²) in [7, 11) is 0. The minimum Gasteiger partial charge on any atom is -0.487 e. The van der Waals surface area contributed by atoms with E-state index in [1.807, 2.05) is 30.8 Å². The van der Waals surface area contributed by atoms with Crippen molar-refractivity contribution in [1.82, 2.24) is 9.78 Å². The number of halogens is 1. The monoisotopic (exact) mass is 278 g/mol. The molecule has 2 aromatic rings. The highest BCUT2D eigenvalue weighted by molar-refractivity contribution is 5.30. The summed E-state index contributed by atoms with van der Waals surface area (Å²) in [5, 5.41) is 13.7. The van der Waals surface area contributed by atoms with Crippen LogP contribution in [0.5, 0.6) is 5.75 Å². The third kappa shape index (κ3) is 3.36. The lowest BCUT2D eigenvalue weighted by Gasteiger charge is -2.09. The quantitative estimate of drug-likeness (QED) is 0.913. The number of aliphatic hydroxyl groups is 1. The standard InChI is InChI=1S/C15H19FN2O2/c1-10(2)18-7-6-12(17-18)9-20-13-4-5-14(11(3)19)15(16)8-13/h4-8,10-11,19H,9H2,1-3H3/t11-/m1/s1. The van der Waals surface area contributed by atoms with Crippen LogP contribution in [0, 0.1) is 5.82 Å². The number of rotatable bonds is 5.